The lowest BCUT2D eigenvalue weighted by Gasteiger charge is -2.31. The summed E-state index contributed by atoms with van der Waals surface area (Å²) < 4.78 is 27.8. The standard InChI is InChI=1S/C59H67FN6O13/c1-4-13-36-26-51(72)65(56(36)74)22-11-7-10-16-38(67)18-21-49(70)61-30-40(69)25-37(24-35-14-8-6-9-15-35)55(73)62-29-39(68)17-12-23-78-33-50(71)63-46-20-19-41-34(3)45(60)28-47-52(41)53(46)42-31-66-48(54(42)64-47)27-44-43(57(66)75)32-79-58(76)59(44,77)5-2/h6,8-9,14-15,26-28,37,46,77H,4-5,7,10-13,16-25,29-33H2,1-3H3,(H,61,70)(H,62,73)(H,63,71)/t37-,46+,59+/m1/s1. The summed E-state index contributed by atoms with van der Waals surface area (Å²) in [5, 5.41) is 20.3. The quantitative estimate of drug-likeness (QED) is 0.0290. The number of esters is 1. The molecule has 0 bridgehead atoms. The number of Topliss-reactive ketones (excluding diaryl/α,β-unsaturated/α-hetero) is 3. The van der Waals surface area contributed by atoms with Crippen LogP contribution in [0.25, 0.3) is 22.3 Å². The number of aryl methyl sites for hydroxylation is 1. The van der Waals surface area contributed by atoms with Gasteiger partial charge in [0, 0.05) is 85.4 Å². The summed E-state index contributed by atoms with van der Waals surface area (Å²) in [5.74, 6) is -4.98. The summed E-state index contributed by atoms with van der Waals surface area (Å²) in [7, 11) is 0. The number of nitrogens with zero attached hydrogens (tertiary/aromatic N) is 3. The zero-order valence-corrected chi connectivity index (χ0v) is 44.9. The topological polar surface area (TPSA) is 267 Å². The van der Waals surface area contributed by atoms with E-state index < -0.39 is 58.4 Å². The zero-order chi connectivity index (χ0) is 56.5. The van der Waals surface area contributed by atoms with Gasteiger partial charge in [0.05, 0.1) is 48.1 Å². The Kier molecular flexibility index (Phi) is 18.6. The molecule has 4 aliphatic rings. The van der Waals surface area contributed by atoms with Crippen molar-refractivity contribution in [1.29, 1.82) is 0 Å². The van der Waals surface area contributed by atoms with Gasteiger partial charge in [-0.1, -0.05) is 57.0 Å². The van der Waals surface area contributed by atoms with Gasteiger partial charge in [-0.3, -0.25) is 48.1 Å². The van der Waals surface area contributed by atoms with Gasteiger partial charge < -0.3 is 35.1 Å². The highest BCUT2D eigenvalue weighted by molar-refractivity contribution is 6.16. The predicted molar refractivity (Wildman–Crippen MR) is 285 cm³/mol. The number of hydrogen-bond acceptors (Lipinski definition) is 14. The van der Waals surface area contributed by atoms with Crippen LogP contribution in [0.2, 0.25) is 0 Å². The Balaban J connectivity index is 0.773. The number of ketones is 3. The molecule has 0 unspecified atom stereocenters. The molecule has 4 N–H and O–H groups in total. The molecule has 0 radical (unpaired) electrons. The van der Waals surface area contributed by atoms with Crippen molar-refractivity contribution >= 4 is 63.8 Å². The van der Waals surface area contributed by atoms with Gasteiger partial charge in [0.2, 0.25) is 17.7 Å². The minimum absolute atomic E-state index is 0.0125. The summed E-state index contributed by atoms with van der Waals surface area (Å²) in [6.45, 7) is 4.36. The fourth-order valence-electron chi connectivity index (χ4n) is 11.0. The molecule has 0 saturated carbocycles. The smallest absolute Gasteiger partial charge is 0.343 e. The number of benzene rings is 2. The number of imide groups is 1. The van der Waals surface area contributed by atoms with Crippen molar-refractivity contribution in [1.82, 2.24) is 30.4 Å². The number of aromatic nitrogens is 2. The lowest BCUT2D eigenvalue weighted by Crippen LogP contribution is -2.44. The van der Waals surface area contributed by atoms with Gasteiger partial charge in [-0.05, 0) is 86.6 Å². The maximum Gasteiger partial charge on any atom is 0.343 e. The average Bonchev–Trinajstić information content (AvgIpc) is 3.98. The number of halogens is 1. The van der Waals surface area contributed by atoms with E-state index in [1.165, 1.54) is 21.6 Å². The van der Waals surface area contributed by atoms with Crippen molar-refractivity contribution < 1.29 is 62.1 Å². The average molecular weight is 1090 g/mol. The highest BCUT2D eigenvalue weighted by atomic mass is 19.1. The molecule has 418 valence electrons. The van der Waals surface area contributed by atoms with Gasteiger partial charge in [0.1, 0.15) is 24.8 Å². The van der Waals surface area contributed by atoms with Gasteiger partial charge in [-0.25, -0.2) is 14.2 Å². The Hall–Kier alpha value is -7.58. The molecule has 79 heavy (non-hydrogen) atoms. The first kappa shape index (κ1) is 57.6. The van der Waals surface area contributed by atoms with Gasteiger partial charge in [0.25, 0.3) is 17.4 Å². The summed E-state index contributed by atoms with van der Waals surface area (Å²) in [4.78, 5) is 135. The molecule has 5 amide bonds. The van der Waals surface area contributed by atoms with Gasteiger partial charge in [0.15, 0.2) is 17.2 Å². The molecule has 0 spiro atoms. The summed E-state index contributed by atoms with van der Waals surface area (Å²) in [5.41, 5.74) is 2.77. The molecule has 2 aromatic carbocycles. The lowest BCUT2D eigenvalue weighted by atomic mass is 9.81. The maximum absolute atomic E-state index is 15.4. The minimum atomic E-state index is -2.04. The van der Waals surface area contributed by atoms with Crippen LogP contribution < -0.4 is 21.5 Å². The molecular weight excluding hydrogens is 1020 g/mol. The molecule has 0 saturated heterocycles. The molecule has 0 fully saturated rings. The largest absolute Gasteiger partial charge is 0.458 e. The number of unbranched alkanes of at least 4 members (excludes halogenated alkanes) is 2. The zero-order valence-electron chi connectivity index (χ0n) is 44.9. The van der Waals surface area contributed by atoms with Crippen LogP contribution in [0, 0.1) is 18.7 Å². The Morgan fingerprint density at radius 3 is 2.41 bits per heavy atom. The van der Waals surface area contributed by atoms with E-state index in [2.05, 4.69) is 16.0 Å². The first-order valence-corrected chi connectivity index (χ1v) is 27.3. The Morgan fingerprint density at radius 1 is 0.886 bits per heavy atom. The third-order valence-corrected chi connectivity index (χ3v) is 15.4. The first-order chi connectivity index (χ1) is 37.9. The maximum atomic E-state index is 15.4. The van der Waals surface area contributed by atoms with Crippen LogP contribution in [0.5, 0.6) is 0 Å². The number of pyridine rings is 2. The highest BCUT2D eigenvalue weighted by Gasteiger charge is 2.46. The summed E-state index contributed by atoms with van der Waals surface area (Å²) >= 11 is 0. The SMILES string of the molecule is CCCC1=CC(=O)N(CCCCCC(=O)CCC(=O)NCC(=O)C[C@@H](Cc2ccccc2)C(=O)NCC(=O)CCCOCC(=O)N[C@H]2CCc3c(C)c(F)cc4nc5c(c2c34)Cn2c-5cc3c(c2=O)COC(=O)[C@]3(O)CC)C1=O. The van der Waals surface area contributed by atoms with Gasteiger partial charge >= 0.3 is 5.97 Å². The third-order valence-electron chi connectivity index (χ3n) is 15.4. The second kappa shape index (κ2) is 25.5. The molecular formula is C59H67FN6O13. The van der Waals surface area contributed by atoms with E-state index in [9.17, 15) is 53.1 Å². The number of ether oxygens (including phenoxy) is 2. The number of rotatable bonds is 28. The van der Waals surface area contributed by atoms with Crippen LogP contribution in [0.3, 0.4) is 0 Å². The fourth-order valence-corrected chi connectivity index (χ4v) is 11.0. The van der Waals surface area contributed by atoms with Crippen LogP contribution in [-0.2, 0) is 84.2 Å². The molecule has 4 aromatic rings. The van der Waals surface area contributed by atoms with Crippen molar-refractivity contribution in [2.24, 2.45) is 5.92 Å². The predicted octanol–water partition coefficient (Wildman–Crippen LogP) is 5.05. The Labute approximate surface area is 456 Å². The fraction of sp³-hybridized carbons (Fsp3) is 0.475. The van der Waals surface area contributed by atoms with Crippen LogP contribution in [0.15, 0.2) is 58.9 Å². The van der Waals surface area contributed by atoms with Crippen molar-refractivity contribution in [3.63, 3.8) is 0 Å². The van der Waals surface area contributed by atoms with Gasteiger partial charge in [-0.2, -0.15) is 0 Å². The molecule has 20 heteroatoms. The molecule has 3 aliphatic heterocycles. The van der Waals surface area contributed by atoms with Gasteiger partial charge in [-0.15, -0.1) is 0 Å². The Morgan fingerprint density at radius 2 is 1.65 bits per heavy atom. The molecule has 3 atom stereocenters. The number of aliphatic hydroxyl groups is 1. The van der Waals surface area contributed by atoms with Crippen molar-refractivity contribution in [2.45, 2.75) is 142 Å². The van der Waals surface area contributed by atoms with Crippen molar-refractivity contribution in [3.8, 4) is 11.4 Å². The van der Waals surface area contributed by atoms with E-state index in [0.29, 0.717) is 83.1 Å². The Bertz CT molecular complexity index is 3210. The van der Waals surface area contributed by atoms with Crippen LogP contribution in [0.4, 0.5) is 4.39 Å². The number of cyclic esters (lactones) is 1. The monoisotopic (exact) mass is 1090 g/mol. The summed E-state index contributed by atoms with van der Waals surface area (Å²) in [6, 6.07) is 11.4. The number of hydrogen-bond donors (Lipinski definition) is 4. The van der Waals surface area contributed by atoms with E-state index in [0.717, 1.165) is 17.5 Å². The molecule has 8 rings (SSSR count). The molecule has 1 aliphatic carbocycles. The third kappa shape index (κ3) is 13.0. The van der Waals surface area contributed by atoms with Crippen molar-refractivity contribution in [2.75, 3.05) is 32.8 Å². The minimum Gasteiger partial charge on any atom is -0.458 e. The number of fused-ring (bicyclic) bond motifs is 5. The van der Waals surface area contributed by atoms with Crippen LogP contribution in [0.1, 0.15) is 142 Å². The number of nitrogens with one attached hydrogen (secondary N) is 3. The number of carbonyl (C=O) groups excluding carboxylic acids is 9. The summed E-state index contributed by atoms with van der Waals surface area (Å²) in [6.07, 6.45) is 5.63. The van der Waals surface area contributed by atoms with E-state index in [1.54, 1.807) is 32.0 Å². The van der Waals surface area contributed by atoms with E-state index in [4.69, 9.17) is 14.5 Å². The van der Waals surface area contributed by atoms with Crippen molar-refractivity contribution in [3.05, 3.63) is 109 Å². The lowest BCUT2D eigenvalue weighted by molar-refractivity contribution is -0.172. The molecule has 19 nitrogen and oxygen atoms in total. The van der Waals surface area contributed by atoms with E-state index in [-0.39, 0.29) is 132 Å². The molecule has 5 heterocycles. The van der Waals surface area contributed by atoms with Crippen LogP contribution in [-0.4, -0.2) is 105 Å². The van der Waals surface area contributed by atoms with Crippen LogP contribution >= 0.6 is 0 Å². The second-order valence-corrected chi connectivity index (χ2v) is 20.9. The second-order valence-electron chi connectivity index (χ2n) is 20.9. The normalized spacial score (nSPS) is 17.4. The number of carbonyl (C=O) groups is 9. The number of amides is 5. The highest BCUT2D eigenvalue weighted by Crippen LogP contribution is 2.46. The van der Waals surface area contributed by atoms with E-state index in [1.807, 2.05) is 25.1 Å². The van der Waals surface area contributed by atoms with E-state index >= 15 is 4.39 Å². The first-order valence-electron chi connectivity index (χ1n) is 27.3. The molecule has 2 aromatic heterocycles.